The Morgan fingerprint density at radius 3 is 2.56 bits per heavy atom. The summed E-state index contributed by atoms with van der Waals surface area (Å²) in [5, 5.41) is 9.57. The van der Waals surface area contributed by atoms with Gasteiger partial charge in [0.1, 0.15) is 23.6 Å². The monoisotopic (exact) mass is 495 g/mol. The number of carbonyl (C=O) groups excluding carboxylic acids is 2. The summed E-state index contributed by atoms with van der Waals surface area (Å²) in [6, 6.07) is 6.53. The second kappa shape index (κ2) is 9.15. The molecule has 36 heavy (non-hydrogen) atoms. The van der Waals surface area contributed by atoms with Gasteiger partial charge < -0.3 is 24.2 Å². The van der Waals surface area contributed by atoms with Crippen molar-refractivity contribution in [1.82, 2.24) is 20.3 Å². The molecule has 2 aliphatic rings. The molecule has 1 aromatic heterocycles. The van der Waals surface area contributed by atoms with Crippen LogP contribution in [0.15, 0.2) is 41.3 Å². The van der Waals surface area contributed by atoms with Crippen molar-refractivity contribution >= 4 is 28.4 Å². The number of aromatic hydroxyl groups is 1. The quantitative estimate of drug-likeness (QED) is 0.473. The summed E-state index contributed by atoms with van der Waals surface area (Å²) in [6.07, 6.45) is 1.42. The van der Waals surface area contributed by atoms with E-state index in [4.69, 9.17) is 4.74 Å². The standard InChI is InChI=1S/C25H26FN5O5/c1-14-13-36-23-20-17(11-19(26)21(23)30-8-6-29(2)7-9-30)22(33)18(12-31(14)20)25(35)28-27-24(34)15-4-3-5-16(32)10-15/h3-5,10-12,14,32H,6-9,13H2,1-2H3,(H,27,34)(H,28,35)/t14-/m1/s1. The number of hydrogen-bond acceptors (Lipinski definition) is 7. The number of carbonyl (C=O) groups is 2. The number of amides is 2. The molecule has 188 valence electrons. The van der Waals surface area contributed by atoms with Crippen molar-refractivity contribution in [3.63, 3.8) is 0 Å². The highest BCUT2D eigenvalue weighted by molar-refractivity contribution is 6.02. The Hall–Kier alpha value is -4.12. The molecular formula is C25H26FN5O5. The Bertz CT molecular complexity index is 1430. The van der Waals surface area contributed by atoms with Crippen molar-refractivity contribution in [3.05, 3.63) is 63.7 Å². The number of likely N-dealkylation sites (N-methyl/N-ethyl adjacent to an activating group) is 1. The smallest absolute Gasteiger partial charge is 0.275 e. The Balaban J connectivity index is 1.51. The van der Waals surface area contributed by atoms with Gasteiger partial charge in [-0.3, -0.25) is 25.2 Å². The first-order valence-electron chi connectivity index (χ1n) is 11.6. The molecule has 3 N–H and O–H groups in total. The van der Waals surface area contributed by atoms with Gasteiger partial charge in [0, 0.05) is 37.9 Å². The Kier molecular flexibility index (Phi) is 6.00. The first kappa shape index (κ1) is 23.6. The van der Waals surface area contributed by atoms with Gasteiger partial charge in [0.25, 0.3) is 11.8 Å². The third-order valence-corrected chi connectivity index (χ3v) is 6.60. The second-order valence-electron chi connectivity index (χ2n) is 9.12. The molecule has 0 spiro atoms. The second-order valence-corrected chi connectivity index (χ2v) is 9.12. The van der Waals surface area contributed by atoms with E-state index in [1.54, 1.807) is 4.57 Å². The van der Waals surface area contributed by atoms with E-state index in [9.17, 15) is 19.5 Å². The minimum Gasteiger partial charge on any atom is -0.508 e. The summed E-state index contributed by atoms with van der Waals surface area (Å²) < 4.78 is 23.1. The van der Waals surface area contributed by atoms with Crippen LogP contribution in [-0.4, -0.2) is 66.2 Å². The summed E-state index contributed by atoms with van der Waals surface area (Å²) in [7, 11) is 2.01. The number of aromatic nitrogens is 1. The fourth-order valence-corrected chi connectivity index (χ4v) is 4.60. The molecule has 0 saturated carbocycles. The van der Waals surface area contributed by atoms with Gasteiger partial charge in [-0.15, -0.1) is 0 Å². The number of pyridine rings is 1. The molecule has 11 heteroatoms. The molecule has 2 amide bonds. The van der Waals surface area contributed by atoms with Crippen molar-refractivity contribution in [2.24, 2.45) is 0 Å². The number of anilines is 1. The van der Waals surface area contributed by atoms with Crippen LogP contribution in [-0.2, 0) is 0 Å². The van der Waals surface area contributed by atoms with Crippen LogP contribution in [0.3, 0.4) is 0 Å². The number of rotatable bonds is 3. The lowest BCUT2D eigenvalue weighted by atomic mass is 10.0. The Morgan fingerprint density at radius 2 is 1.83 bits per heavy atom. The Labute approximate surface area is 205 Å². The topological polar surface area (TPSA) is 116 Å². The number of halogens is 1. The van der Waals surface area contributed by atoms with E-state index in [1.165, 1.54) is 30.5 Å². The largest absolute Gasteiger partial charge is 0.508 e. The number of phenolic OH excluding ortho intramolecular Hbond substituents is 1. The minimum absolute atomic E-state index is 0.0267. The maximum absolute atomic E-state index is 15.4. The van der Waals surface area contributed by atoms with E-state index in [0.717, 1.165) is 19.2 Å². The molecular weight excluding hydrogens is 469 g/mol. The lowest BCUT2D eigenvalue weighted by Crippen LogP contribution is -2.45. The minimum atomic E-state index is -0.844. The van der Waals surface area contributed by atoms with E-state index in [-0.39, 0.29) is 34.9 Å². The van der Waals surface area contributed by atoms with Crippen LogP contribution >= 0.6 is 0 Å². The van der Waals surface area contributed by atoms with E-state index in [2.05, 4.69) is 15.8 Å². The van der Waals surface area contributed by atoms with Gasteiger partial charge in [0.2, 0.25) is 5.43 Å². The van der Waals surface area contributed by atoms with Crippen LogP contribution in [0.25, 0.3) is 10.9 Å². The highest BCUT2D eigenvalue weighted by atomic mass is 19.1. The van der Waals surface area contributed by atoms with Gasteiger partial charge in [0.15, 0.2) is 11.6 Å². The number of piperazine rings is 1. The zero-order valence-electron chi connectivity index (χ0n) is 19.9. The van der Waals surface area contributed by atoms with Gasteiger partial charge in [0.05, 0.1) is 16.9 Å². The van der Waals surface area contributed by atoms with Crippen LogP contribution in [0, 0.1) is 5.82 Å². The SMILES string of the molecule is C[C@@H]1COc2c(N3CCN(C)CC3)c(F)cc3c(=O)c(C(=O)NNC(=O)c4cccc(O)c4)cn1c23. The molecule has 2 aliphatic heterocycles. The van der Waals surface area contributed by atoms with E-state index in [0.29, 0.717) is 30.0 Å². The zero-order chi connectivity index (χ0) is 25.6. The van der Waals surface area contributed by atoms with Gasteiger partial charge in [-0.25, -0.2) is 4.39 Å². The van der Waals surface area contributed by atoms with Crippen LogP contribution in [0.1, 0.15) is 33.7 Å². The van der Waals surface area contributed by atoms with Crippen molar-refractivity contribution in [2.45, 2.75) is 13.0 Å². The number of ether oxygens (including phenoxy) is 1. The lowest BCUT2D eigenvalue weighted by Gasteiger charge is -2.37. The molecule has 1 atom stereocenters. The van der Waals surface area contributed by atoms with Gasteiger partial charge >= 0.3 is 0 Å². The molecule has 5 rings (SSSR count). The normalized spacial score (nSPS) is 17.5. The number of hydrazine groups is 1. The summed E-state index contributed by atoms with van der Waals surface area (Å²) >= 11 is 0. The molecule has 1 saturated heterocycles. The fraction of sp³-hybridized carbons (Fsp3) is 0.320. The summed E-state index contributed by atoms with van der Waals surface area (Å²) in [4.78, 5) is 42.6. The predicted molar refractivity (Wildman–Crippen MR) is 131 cm³/mol. The van der Waals surface area contributed by atoms with Gasteiger partial charge in [-0.2, -0.15) is 0 Å². The summed E-state index contributed by atoms with van der Waals surface area (Å²) in [6.45, 7) is 4.89. The summed E-state index contributed by atoms with van der Waals surface area (Å²) in [5.41, 5.74) is 4.43. The predicted octanol–water partition coefficient (Wildman–Crippen LogP) is 1.63. The Morgan fingerprint density at radius 1 is 1.11 bits per heavy atom. The lowest BCUT2D eigenvalue weighted by molar-refractivity contribution is 0.0845. The molecule has 0 bridgehead atoms. The van der Waals surface area contributed by atoms with Gasteiger partial charge in [-0.05, 0) is 38.2 Å². The maximum Gasteiger partial charge on any atom is 0.275 e. The van der Waals surface area contributed by atoms with E-state index in [1.807, 2.05) is 18.9 Å². The third kappa shape index (κ3) is 4.11. The number of benzene rings is 2. The maximum atomic E-state index is 15.4. The van der Waals surface area contributed by atoms with Crippen LogP contribution < -0.4 is 25.9 Å². The zero-order valence-corrected chi connectivity index (χ0v) is 19.9. The number of nitrogens with one attached hydrogen (secondary N) is 2. The van der Waals surface area contributed by atoms with Crippen LogP contribution in [0.2, 0.25) is 0 Å². The van der Waals surface area contributed by atoms with Crippen molar-refractivity contribution in [1.29, 1.82) is 0 Å². The number of phenols is 1. The molecule has 3 heterocycles. The van der Waals surface area contributed by atoms with Crippen molar-refractivity contribution < 1.29 is 23.8 Å². The van der Waals surface area contributed by atoms with E-state index >= 15 is 4.39 Å². The van der Waals surface area contributed by atoms with Crippen molar-refractivity contribution in [2.75, 3.05) is 44.7 Å². The first-order chi connectivity index (χ1) is 17.2. The molecule has 0 aliphatic carbocycles. The molecule has 2 aromatic carbocycles. The molecule has 1 fully saturated rings. The first-order valence-corrected chi connectivity index (χ1v) is 11.6. The van der Waals surface area contributed by atoms with E-state index < -0.39 is 23.1 Å². The third-order valence-electron chi connectivity index (χ3n) is 6.60. The summed E-state index contributed by atoms with van der Waals surface area (Å²) in [5.74, 6) is -1.91. The average Bonchev–Trinajstić information content (AvgIpc) is 2.86. The van der Waals surface area contributed by atoms with Crippen LogP contribution in [0.4, 0.5) is 10.1 Å². The van der Waals surface area contributed by atoms with Gasteiger partial charge in [-0.1, -0.05) is 6.07 Å². The highest BCUT2D eigenvalue weighted by Gasteiger charge is 2.31. The fourth-order valence-electron chi connectivity index (χ4n) is 4.60. The highest BCUT2D eigenvalue weighted by Crippen LogP contribution is 2.42. The van der Waals surface area contributed by atoms with Crippen LogP contribution in [0.5, 0.6) is 11.5 Å². The number of nitrogens with zero attached hydrogens (tertiary/aromatic N) is 3. The van der Waals surface area contributed by atoms with Crippen molar-refractivity contribution in [3.8, 4) is 11.5 Å². The molecule has 3 aromatic rings. The molecule has 10 nitrogen and oxygen atoms in total. The molecule has 0 radical (unpaired) electrons. The number of hydrogen-bond donors (Lipinski definition) is 3. The molecule has 0 unspecified atom stereocenters. The average molecular weight is 496 g/mol.